The topological polar surface area (TPSA) is 59.4 Å². The standard InChI is InChI=1S/C15H15NO3S/c17-15(18)14-11-13(7-8-16-14)20-10-4-9-19-12-5-2-1-3-6-12/h1-3,5-8,11H,4,9-10H2,(H,17,18). The van der Waals surface area contributed by atoms with Crippen LogP contribution in [0.15, 0.2) is 53.6 Å². The van der Waals surface area contributed by atoms with Gasteiger partial charge in [0.05, 0.1) is 6.61 Å². The average molecular weight is 289 g/mol. The van der Waals surface area contributed by atoms with Gasteiger partial charge in [-0.05, 0) is 30.7 Å². The Bertz CT molecular complexity index is 560. The van der Waals surface area contributed by atoms with Crippen molar-refractivity contribution in [2.45, 2.75) is 11.3 Å². The molecule has 1 aromatic carbocycles. The molecule has 0 aliphatic carbocycles. The fraction of sp³-hybridized carbons (Fsp3) is 0.200. The zero-order valence-corrected chi connectivity index (χ0v) is 11.7. The second-order valence-electron chi connectivity index (χ2n) is 4.05. The minimum atomic E-state index is -1.00. The van der Waals surface area contributed by atoms with Crippen molar-refractivity contribution >= 4 is 17.7 Å². The number of carboxylic acids is 1. The maximum Gasteiger partial charge on any atom is 0.354 e. The predicted octanol–water partition coefficient (Wildman–Crippen LogP) is 3.34. The molecule has 1 N–H and O–H groups in total. The second-order valence-corrected chi connectivity index (χ2v) is 5.21. The molecule has 0 saturated carbocycles. The van der Waals surface area contributed by atoms with Gasteiger partial charge in [-0.25, -0.2) is 9.78 Å². The second kappa shape index (κ2) is 7.55. The zero-order chi connectivity index (χ0) is 14.2. The van der Waals surface area contributed by atoms with E-state index in [0.717, 1.165) is 22.8 Å². The molecule has 2 aromatic rings. The van der Waals surface area contributed by atoms with E-state index in [9.17, 15) is 4.79 Å². The Balaban J connectivity index is 1.71. The van der Waals surface area contributed by atoms with Crippen molar-refractivity contribution in [2.75, 3.05) is 12.4 Å². The number of hydrogen-bond donors (Lipinski definition) is 1. The maximum absolute atomic E-state index is 10.8. The van der Waals surface area contributed by atoms with Crippen LogP contribution in [0.4, 0.5) is 0 Å². The van der Waals surface area contributed by atoms with Crippen molar-refractivity contribution in [2.24, 2.45) is 0 Å². The smallest absolute Gasteiger partial charge is 0.354 e. The van der Waals surface area contributed by atoms with Crippen LogP contribution in [0.2, 0.25) is 0 Å². The number of thioether (sulfide) groups is 1. The summed E-state index contributed by atoms with van der Waals surface area (Å²) in [6.07, 6.45) is 2.41. The highest BCUT2D eigenvalue weighted by Crippen LogP contribution is 2.19. The first-order valence-electron chi connectivity index (χ1n) is 6.26. The number of pyridine rings is 1. The number of benzene rings is 1. The van der Waals surface area contributed by atoms with Crippen LogP contribution in [-0.2, 0) is 0 Å². The first-order chi connectivity index (χ1) is 9.75. The van der Waals surface area contributed by atoms with E-state index in [2.05, 4.69) is 4.98 Å². The number of rotatable bonds is 7. The van der Waals surface area contributed by atoms with Crippen molar-refractivity contribution in [3.05, 3.63) is 54.4 Å². The molecule has 0 spiro atoms. The molecule has 1 heterocycles. The van der Waals surface area contributed by atoms with E-state index in [1.165, 1.54) is 6.20 Å². The lowest BCUT2D eigenvalue weighted by molar-refractivity contribution is 0.0690. The molecular formula is C15H15NO3S. The van der Waals surface area contributed by atoms with Crippen molar-refractivity contribution in [1.29, 1.82) is 0 Å². The van der Waals surface area contributed by atoms with Crippen LogP contribution in [0.5, 0.6) is 5.75 Å². The summed E-state index contributed by atoms with van der Waals surface area (Å²) < 4.78 is 5.59. The van der Waals surface area contributed by atoms with E-state index in [1.807, 2.05) is 36.4 Å². The molecule has 1 aromatic heterocycles. The monoisotopic (exact) mass is 289 g/mol. The van der Waals surface area contributed by atoms with Crippen LogP contribution in [-0.4, -0.2) is 28.4 Å². The molecule has 104 valence electrons. The van der Waals surface area contributed by atoms with Gasteiger partial charge in [-0.2, -0.15) is 0 Å². The first-order valence-corrected chi connectivity index (χ1v) is 7.24. The normalized spacial score (nSPS) is 10.2. The number of aromatic nitrogens is 1. The molecule has 0 fully saturated rings. The Morgan fingerprint density at radius 2 is 2.05 bits per heavy atom. The highest BCUT2D eigenvalue weighted by atomic mass is 32.2. The summed E-state index contributed by atoms with van der Waals surface area (Å²) in [7, 11) is 0. The van der Waals surface area contributed by atoms with Gasteiger partial charge in [0.1, 0.15) is 11.4 Å². The fourth-order valence-corrected chi connectivity index (χ4v) is 2.42. The van der Waals surface area contributed by atoms with Gasteiger partial charge in [0.25, 0.3) is 0 Å². The van der Waals surface area contributed by atoms with Gasteiger partial charge >= 0.3 is 5.97 Å². The largest absolute Gasteiger partial charge is 0.494 e. The third-order valence-corrected chi connectivity index (χ3v) is 3.60. The van der Waals surface area contributed by atoms with Gasteiger partial charge < -0.3 is 9.84 Å². The summed E-state index contributed by atoms with van der Waals surface area (Å²) in [5, 5.41) is 8.85. The summed E-state index contributed by atoms with van der Waals surface area (Å²) in [5.41, 5.74) is 0.0792. The Morgan fingerprint density at radius 3 is 2.80 bits per heavy atom. The molecule has 0 radical (unpaired) electrons. The number of carbonyl (C=O) groups is 1. The third kappa shape index (κ3) is 4.59. The van der Waals surface area contributed by atoms with Gasteiger partial charge in [-0.1, -0.05) is 18.2 Å². The minimum absolute atomic E-state index is 0.0792. The molecule has 4 nitrogen and oxygen atoms in total. The number of ether oxygens (including phenoxy) is 1. The van der Waals surface area contributed by atoms with Crippen LogP contribution in [0.25, 0.3) is 0 Å². The van der Waals surface area contributed by atoms with E-state index in [1.54, 1.807) is 17.8 Å². The quantitative estimate of drug-likeness (QED) is 0.625. The number of carboxylic acid groups (broad SMARTS) is 1. The molecule has 0 atom stereocenters. The van der Waals surface area contributed by atoms with Crippen molar-refractivity contribution in [3.8, 4) is 5.75 Å². The van der Waals surface area contributed by atoms with E-state index in [4.69, 9.17) is 9.84 Å². The predicted molar refractivity (Wildman–Crippen MR) is 78.5 cm³/mol. The van der Waals surface area contributed by atoms with Gasteiger partial charge in [0.2, 0.25) is 0 Å². The molecule has 20 heavy (non-hydrogen) atoms. The van der Waals surface area contributed by atoms with E-state index >= 15 is 0 Å². The number of hydrogen-bond acceptors (Lipinski definition) is 4. The van der Waals surface area contributed by atoms with E-state index < -0.39 is 5.97 Å². The summed E-state index contributed by atoms with van der Waals surface area (Å²) >= 11 is 1.60. The summed E-state index contributed by atoms with van der Waals surface area (Å²) in [5.74, 6) is 0.741. The lowest BCUT2D eigenvalue weighted by Crippen LogP contribution is -2.00. The number of para-hydroxylation sites is 1. The summed E-state index contributed by atoms with van der Waals surface area (Å²) in [6.45, 7) is 0.647. The fourth-order valence-electron chi connectivity index (χ4n) is 1.57. The van der Waals surface area contributed by atoms with Crippen molar-refractivity contribution in [1.82, 2.24) is 4.98 Å². The lowest BCUT2D eigenvalue weighted by atomic mass is 10.3. The Morgan fingerprint density at radius 1 is 1.25 bits per heavy atom. The molecule has 2 rings (SSSR count). The van der Waals surface area contributed by atoms with Crippen LogP contribution >= 0.6 is 11.8 Å². The number of aromatic carboxylic acids is 1. The van der Waals surface area contributed by atoms with Gasteiger partial charge in [-0.15, -0.1) is 11.8 Å². The van der Waals surface area contributed by atoms with Crippen LogP contribution in [0.3, 0.4) is 0 Å². The molecular weight excluding hydrogens is 274 g/mol. The van der Waals surface area contributed by atoms with Gasteiger partial charge in [0.15, 0.2) is 0 Å². The van der Waals surface area contributed by atoms with Crippen LogP contribution in [0.1, 0.15) is 16.9 Å². The minimum Gasteiger partial charge on any atom is -0.494 e. The Kier molecular flexibility index (Phi) is 5.43. The third-order valence-electron chi connectivity index (χ3n) is 2.52. The molecule has 5 heteroatoms. The molecule has 0 aliphatic heterocycles. The Labute approximate surface area is 121 Å². The SMILES string of the molecule is O=C(O)c1cc(SCCCOc2ccccc2)ccn1. The summed E-state index contributed by atoms with van der Waals surface area (Å²) in [6, 6.07) is 13.1. The lowest BCUT2D eigenvalue weighted by Gasteiger charge is -2.06. The average Bonchev–Trinajstić information content (AvgIpc) is 2.48. The highest BCUT2D eigenvalue weighted by molar-refractivity contribution is 7.99. The van der Waals surface area contributed by atoms with Crippen molar-refractivity contribution in [3.63, 3.8) is 0 Å². The molecule has 0 amide bonds. The first kappa shape index (κ1) is 14.4. The summed E-state index contributed by atoms with van der Waals surface area (Å²) in [4.78, 5) is 15.5. The van der Waals surface area contributed by atoms with Crippen molar-refractivity contribution < 1.29 is 14.6 Å². The molecule has 0 unspecified atom stereocenters. The highest BCUT2D eigenvalue weighted by Gasteiger charge is 2.05. The number of nitrogens with zero attached hydrogens (tertiary/aromatic N) is 1. The van der Waals surface area contributed by atoms with Crippen LogP contribution < -0.4 is 4.74 Å². The van der Waals surface area contributed by atoms with Crippen LogP contribution in [0, 0.1) is 0 Å². The van der Waals surface area contributed by atoms with E-state index in [0.29, 0.717) is 6.61 Å². The van der Waals surface area contributed by atoms with Gasteiger partial charge in [0, 0.05) is 16.8 Å². The Hall–Kier alpha value is -2.01. The van der Waals surface area contributed by atoms with Gasteiger partial charge in [-0.3, -0.25) is 0 Å². The zero-order valence-electron chi connectivity index (χ0n) is 10.9. The molecule has 0 aliphatic rings. The van der Waals surface area contributed by atoms with E-state index in [-0.39, 0.29) is 5.69 Å². The molecule has 0 bridgehead atoms. The maximum atomic E-state index is 10.8. The molecule has 0 saturated heterocycles.